The van der Waals surface area contributed by atoms with Gasteiger partial charge in [0.1, 0.15) is 0 Å². The van der Waals surface area contributed by atoms with Gasteiger partial charge >= 0.3 is 0 Å². The van der Waals surface area contributed by atoms with Gasteiger partial charge in [0, 0.05) is 11.6 Å². The first-order chi connectivity index (χ1) is 10.7. The Bertz CT molecular complexity index is 670. The van der Waals surface area contributed by atoms with E-state index in [9.17, 15) is 4.79 Å². The summed E-state index contributed by atoms with van der Waals surface area (Å²) in [5.74, 6) is 0.762. The summed E-state index contributed by atoms with van der Waals surface area (Å²) in [6.07, 6.45) is 2.45. The number of carbonyl (C=O) groups excluding carboxylic acids is 1. The number of fused-ring (bicyclic) bond motifs is 1. The Labute approximate surface area is 136 Å². The van der Waals surface area contributed by atoms with Crippen LogP contribution < -0.4 is 4.90 Å². The van der Waals surface area contributed by atoms with E-state index in [0.717, 1.165) is 30.6 Å². The molecule has 0 spiro atoms. The van der Waals surface area contributed by atoms with Crippen LogP contribution in [0.2, 0.25) is 0 Å². The van der Waals surface area contributed by atoms with Crippen LogP contribution >= 0.6 is 11.6 Å². The zero-order chi connectivity index (χ0) is 15.6. The number of benzene rings is 2. The number of alkyl halides is 1. The zero-order valence-electron chi connectivity index (χ0n) is 12.8. The number of anilines is 2. The van der Waals surface area contributed by atoms with Crippen molar-refractivity contribution in [2.45, 2.75) is 26.2 Å². The van der Waals surface area contributed by atoms with E-state index in [1.165, 1.54) is 5.56 Å². The third-order valence-electron chi connectivity index (χ3n) is 4.41. The highest BCUT2D eigenvalue weighted by Gasteiger charge is 2.42. The van der Waals surface area contributed by atoms with Gasteiger partial charge in [-0.3, -0.25) is 9.69 Å². The minimum absolute atomic E-state index is 0.169. The first-order valence-corrected chi connectivity index (χ1v) is 8.23. The molecule has 2 aromatic rings. The van der Waals surface area contributed by atoms with Crippen molar-refractivity contribution in [3.05, 3.63) is 60.2 Å². The van der Waals surface area contributed by atoms with Gasteiger partial charge in [-0.2, -0.15) is 0 Å². The molecule has 0 aromatic heterocycles. The van der Waals surface area contributed by atoms with Gasteiger partial charge in [0.05, 0.1) is 11.1 Å². The lowest BCUT2D eigenvalue weighted by molar-refractivity contribution is -0.127. The number of nitrogens with zero attached hydrogens (tertiary/aromatic N) is 1. The molecule has 1 atom stereocenters. The van der Waals surface area contributed by atoms with Crippen LogP contribution in [0.5, 0.6) is 0 Å². The highest BCUT2D eigenvalue weighted by atomic mass is 35.5. The molecule has 1 amide bonds. The monoisotopic (exact) mass is 313 g/mol. The lowest BCUT2D eigenvalue weighted by atomic mass is 9.75. The molecule has 0 aliphatic carbocycles. The third-order valence-corrected chi connectivity index (χ3v) is 4.68. The van der Waals surface area contributed by atoms with Crippen molar-refractivity contribution in [1.29, 1.82) is 0 Å². The van der Waals surface area contributed by atoms with Crippen LogP contribution in [0.4, 0.5) is 11.4 Å². The Balaban J connectivity index is 2.08. The topological polar surface area (TPSA) is 20.3 Å². The van der Waals surface area contributed by atoms with Crippen LogP contribution in [0.25, 0.3) is 0 Å². The maximum atomic E-state index is 13.2. The van der Waals surface area contributed by atoms with Crippen LogP contribution in [0.1, 0.15) is 25.3 Å². The lowest BCUT2D eigenvalue weighted by Crippen LogP contribution is -2.45. The normalized spacial score (nSPS) is 20.8. The molecular weight excluding hydrogens is 294 g/mol. The van der Waals surface area contributed by atoms with Crippen molar-refractivity contribution in [3.63, 3.8) is 0 Å². The summed E-state index contributed by atoms with van der Waals surface area (Å²) < 4.78 is 0. The number of amides is 1. The second kappa shape index (κ2) is 6.13. The Kier molecular flexibility index (Phi) is 4.21. The van der Waals surface area contributed by atoms with Crippen molar-refractivity contribution in [3.8, 4) is 0 Å². The molecule has 0 saturated carbocycles. The van der Waals surface area contributed by atoms with E-state index in [4.69, 9.17) is 11.6 Å². The molecule has 0 radical (unpaired) electrons. The number of halogens is 1. The van der Waals surface area contributed by atoms with Crippen molar-refractivity contribution >= 4 is 28.9 Å². The van der Waals surface area contributed by atoms with E-state index in [1.807, 2.05) is 53.4 Å². The summed E-state index contributed by atoms with van der Waals surface area (Å²) in [5, 5.41) is 0. The van der Waals surface area contributed by atoms with E-state index < -0.39 is 0 Å². The minimum atomic E-state index is -0.390. The fraction of sp³-hybridized carbons (Fsp3) is 0.316. The number of rotatable bonds is 4. The zero-order valence-corrected chi connectivity index (χ0v) is 13.5. The number of carbonyl (C=O) groups is 1. The summed E-state index contributed by atoms with van der Waals surface area (Å²) in [4.78, 5) is 15.1. The van der Waals surface area contributed by atoms with Gasteiger partial charge in [0.25, 0.3) is 0 Å². The Morgan fingerprint density at radius 3 is 2.50 bits per heavy atom. The molecule has 0 N–H and O–H groups in total. The van der Waals surface area contributed by atoms with E-state index in [1.54, 1.807) is 0 Å². The summed E-state index contributed by atoms with van der Waals surface area (Å²) in [5.41, 5.74) is 2.76. The largest absolute Gasteiger partial charge is 0.280 e. The van der Waals surface area contributed by atoms with Crippen molar-refractivity contribution in [2.75, 3.05) is 10.8 Å². The molecule has 114 valence electrons. The average Bonchev–Trinajstić information content (AvgIpc) is 2.55. The third kappa shape index (κ3) is 2.64. The van der Waals surface area contributed by atoms with Crippen molar-refractivity contribution < 1.29 is 4.79 Å². The molecule has 1 aliphatic rings. The van der Waals surface area contributed by atoms with E-state index in [-0.39, 0.29) is 11.3 Å². The van der Waals surface area contributed by atoms with E-state index in [2.05, 4.69) is 13.0 Å². The Hall–Kier alpha value is -1.80. The van der Waals surface area contributed by atoms with Crippen LogP contribution in [0, 0.1) is 5.41 Å². The Morgan fingerprint density at radius 1 is 1.09 bits per heavy atom. The van der Waals surface area contributed by atoms with Gasteiger partial charge in [-0.05, 0) is 43.0 Å². The molecule has 2 aromatic carbocycles. The number of hydrogen-bond acceptors (Lipinski definition) is 1. The predicted octanol–water partition coefficient (Wildman–Crippen LogP) is 4.93. The van der Waals surface area contributed by atoms with Crippen molar-refractivity contribution in [1.82, 2.24) is 0 Å². The molecule has 2 nitrogen and oxygen atoms in total. The molecule has 0 bridgehead atoms. The van der Waals surface area contributed by atoms with E-state index >= 15 is 0 Å². The van der Waals surface area contributed by atoms with E-state index in [0.29, 0.717) is 5.88 Å². The smallest absolute Gasteiger partial charge is 0.237 e. The van der Waals surface area contributed by atoms with Gasteiger partial charge < -0.3 is 0 Å². The maximum Gasteiger partial charge on any atom is 0.237 e. The van der Waals surface area contributed by atoms with Crippen molar-refractivity contribution in [2.24, 2.45) is 5.41 Å². The van der Waals surface area contributed by atoms with Gasteiger partial charge in [0.2, 0.25) is 5.91 Å². The fourth-order valence-electron chi connectivity index (χ4n) is 3.24. The van der Waals surface area contributed by atoms with Crippen LogP contribution in [0.15, 0.2) is 54.6 Å². The summed E-state index contributed by atoms with van der Waals surface area (Å²) in [7, 11) is 0. The van der Waals surface area contributed by atoms with Crippen LogP contribution in [0.3, 0.4) is 0 Å². The van der Waals surface area contributed by atoms with Gasteiger partial charge in [-0.25, -0.2) is 0 Å². The highest BCUT2D eigenvalue weighted by molar-refractivity contribution is 6.17. The molecule has 3 heteroatoms. The standard InChI is InChI=1S/C19H20ClNO/c1-19(12-7-13-20)14-15-8-5-6-11-17(15)21(18(19)22)16-9-3-2-4-10-16/h2-6,8-11H,7,12-14H2,1H3. The first kappa shape index (κ1) is 15.1. The number of para-hydroxylation sites is 2. The van der Waals surface area contributed by atoms with Crippen LogP contribution in [-0.2, 0) is 11.2 Å². The SMILES string of the molecule is CC1(CCCCl)Cc2ccccc2N(c2ccccc2)C1=O. The first-order valence-electron chi connectivity index (χ1n) is 7.69. The molecule has 1 aliphatic heterocycles. The Morgan fingerprint density at radius 2 is 1.77 bits per heavy atom. The molecule has 22 heavy (non-hydrogen) atoms. The second-order valence-electron chi connectivity index (χ2n) is 6.13. The molecule has 0 fully saturated rings. The molecule has 1 unspecified atom stereocenters. The summed E-state index contributed by atoms with van der Waals surface area (Å²) in [6.45, 7) is 2.06. The molecule has 3 rings (SSSR count). The second-order valence-corrected chi connectivity index (χ2v) is 6.51. The van der Waals surface area contributed by atoms with Gasteiger partial charge in [-0.15, -0.1) is 11.6 Å². The summed E-state index contributed by atoms with van der Waals surface area (Å²) in [6, 6.07) is 18.1. The lowest BCUT2D eigenvalue weighted by Gasteiger charge is -2.40. The van der Waals surface area contributed by atoms with Gasteiger partial charge in [-0.1, -0.05) is 43.3 Å². The molecule has 0 saturated heterocycles. The highest BCUT2D eigenvalue weighted by Crippen LogP contribution is 2.43. The average molecular weight is 314 g/mol. The predicted molar refractivity (Wildman–Crippen MR) is 91.8 cm³/mol. The van der Waals surface area contributed by atoms with Gasteiger partial charge in [0.15, 0.2) is 0 Å². The molecular formula is C19H20ClNO. The quantitative estimate of drug-likeness (QED) is 0.733. The minimum Gasteiger partial charge on any atom is -0.280 e. The molecule has 1 heterocycles. The van der Waals surface area contributed by atoms with Crippen LogP contribution in [-0.4, -0.2) is 11.8 Å². The number of hydrogen-bond donors (Lipinski definition) is 0. The maximum absolute atomic E-state index is 13.2. The summed E-state index contributed by atoms with van der Waals surface area (Å²) >= 11 is 5.86. The fourth-order valence-corrected chi connectivity index (χ4v) is 3.37.